The lowest BCUT2D eigenvalue weighted by atomic mass is 10.1. The second-order valence-electron chi connectivity index (χ2n) is 4.92. The SMILES string of the molecule is CC(=O)OC[C@H]1CC[C@H]2N=C(NC(C)C)S[C@H]2O1. The number of amidine groups is 1. The van der Waals surface area contributed by atoms with E-state index in [4.69, 9.17) is 9.47 Å². The standard InChI is InChI=1S/C12H20N2O3S/c1-7(2)13-12-14-10-5-4-9(6-16-8(3)15)17-11(10)18-12/h7,9-11H,4-6H2,1-3H3,(H,13,14)/t9-,10-,11-/m1/s1. The van der Waals surface area contributed by atoms with Crippen LogP contribution in [0.15, 0.2) is 4.99 Å². The first-order chi connectivity index (χ1) is 8.54. The van der Waals surface area contributed by atoms with Gasteiger partial charge in [0.2, 0.25) is 0 Å². The van der Waals surface area contributed by atoms with E-state index in [1.165, 1.54) is 6.92 Å². The number of thioether (sulfide) groups is 1. The molecule has 0 saturated carbocycles. The second-order valence-corrected chi connectivity index (χ2v) is 6.01. The van der Waals surface area contributed by atoms with Gasteiger partial charge in [0.05, 0.1) is 12.1 Å². The highest BCUT2D eigenvalue weighted by molar-refractivity contribution is 8.14. The Kier molecular flexibility index (Phi) is 4.50. The molecule has 0 aromatic rings. The Hall–Kier alpha value is -0.750. The largest absolute Gasteiger partial charge is 0.463 e. The maximum Gasteiger partial charge on any atom is 0.302 e. The quantitative estimate of drug-likeness (QED) is 0.789. The molecular formula is C12H20N2O3S. The zero-order valence-electron chi connectivity index (χ0n) is 11.0. The lowest BCUT2D eigenvalue weighted by Crippen LogP contribution is -2.36. The molecule has 2 aliphatic rings. The van der Waals surface area contributed by atoms with Gasteiger partial charge in [0.25, 0.3) is 0 Å². The first kappa shape index (κ1) is 13.7. The van der Waals surface area contributed by atoms with Gasteiger partial charge in [-0.05, 0) is 26.7 Å². The van der Waals surface area contributed by atoms with Crippen LogP contribution in [-0.4, -0.2) is 41.4 Å². The molecule has 0 aromatic heterocycles. The first-order valence-corrected chi connectivity index (χ1v) is 7.22. The zero-order chi connectivity index (χ0) is 13.1. The second kappa shape index (κ2) is 5.93. The number of rotatable bonds is 3. The van der Waals surface area contributed by atoms with Gasteiger partial charge in [-0.15, -0.1) is 0 Å². The van der Waals surface area contributed by atoms with Crippen LogP contribution in [0.5, 0.6) is 0 Å². The van der Waals surface area contributed by atoms with E-state index in [0.29, 0.717) is 12.6 Å². The molecule has 102 valence electrons. The molecule has 3 atom stereocenters. The number of carbonyl (C=O) groups is 1. The van der Waals surface area contributed by atoms with E-state index < -0.39 is 0 Å². The Morgan fingerprint density at radius 1 is 1.61 bits per heavy atom. The van der Waals surface area contributed by atoms with Crippen LogP contribution in [0.4, 0.5) is 0 Å². The number of hydrogen-bond acceptors (Lipinski definition) is 6. The number of aliphatic imine (C=N–C) groups is 1. The van der Waals surface area contributed by atoms with Crippen LogP contribution < -0.4 is 5.32 Å². The third-order valence-electron chi connectivity index (χ3n) is 2.82. The molecule has 18 heavy (non-hydrogen) atoms. The predicted molar refractivity (Wildman–Crippen MR) is 71.6 cm³/mol. The Balaban J connectivity index is 1.81. The average Bonchev–Trinajstić information content (AvgIpc) is 2.66. The number of esters is 1. The highest BCUT2D eigenvalue weighted by Crippen LogP contribution is 2.35. The molecular weight excluding hydrogens is 252 g/mol. The molecule has 0 radical (unpaired) electrons. The van der Waals surface area contributed by atoms with Gasteiger partial charge in [-0.25, -0.2) is 0 Å². The van der Waals surface area contributed by atoms with Crippen LogP contribution >= 0.6 is 11.8 Å². The number of carbonyl (C=O) groups excluding carboxylic acids is 1. The molecule has 0 unspecified atom stereocenters. The minimum absolute atomic E-state index is 0.0104. The number of hydrogen-bond donors (Lipinski definition) is 1. The summed E-state index contributed by atoms with van der Waals surface area (Å²) in [6.07, 6.45) is 1.90. The monoisotopic (exact) mass is 272 g/mol. The fraction of sp³-hybridized carbons (Fsp3) is 0.833. The highest BCUT2D eigenvalue weighted by atomic mass is 32.2. The molecule has 6 heteroatoms. The summed E-state index contributed by atoms with van der Waals surface area (Å²) in [4.78, 5) is 15.4. The third-order valence-corrected chi connectivity index (χ3v) is 3.92. The van der Waals surface area contributed by atoms with Crippen molar-refractivity contribution in [3.05, 3.63) is 0 Å². The van der Waals surface area contributed by atoms with Gasteiger partial charge >= 0.3 is 5.97 Å². The molecule has 0 aromatic carbocycles. The molecule has 2 heterocycles. The smallest absolute Gasteiger partial charge is 0.302 e. The van der Waals surface area contributed by atoms with Gasteiger partial charge in [0.15, 0.2) is 5.17 Å². The Bertz CT molecular complexity index is 346. The number of ether oxygens (including phenoxy) is 2. The lowest BCUT2D eigenvalue weighted by Gasteiger charge is -2.29. The summed E-state index contributed by atoms with van der Waals surface area (Å²) in [5.74, 6) is -0.252. The molecule has 1 fully saturated rings. The Labute approximate surface area is 112 Å². The molecule has 1 saturated heterocycles. The predicted octanol–water partition coefficient (Wildman–Crippen LogP) is 1.52. The van der Waals surface area contributed by atoms with Crippen molar-refractivity contribution in [2.75, 3.05) is 6.61 Å². The first-order valence-electron chi connectivity index (χ1n) is 6.34. The van der Waals surface area contributed by atoms with E-state index in [-0.39, 0.29) is 23.6 Å². The van der Waals surface area contributed by atoms with Crippen molar-refractivity contribution in [2.24, 2.45) is 4.99 Å². The van der Waals surface area contributed by atoms with Crippen molar-refractivity contribution in [3.8, 4) is 0 Å². The van der Waals surface area contributed by atoms with Crippen LogP contribution in [0.2, 0.25) is 0 Å². The summed E-state index contributed by atoms with van der Waals surface area (Å²) < 4.78 is 10.9. The summed E-state index contributed by atoms with van der Waals surface area (Å²) in [6.45, 7) is 5.96. The minimum Gasteiger partial charge on any atom is -0.463 e. The topological polar surface area (TPSA) is 59.9 Å². The Morgan fingerprint density at radius 2 is 2.39 bits per heavy atom. The van der Waals surface area contributed by atoms with Gasteiger partial charge in [-0.2, -0.15) is 0 Å². The zero-order valence-corrected chi connectivity index (χ0v) is 11.8. The van der Waals surface area contributed by atoms with Crippen molar-refractivity contribution in [3.63, 3.8) is 0 Å². The molecule has 0 spiro atoms. The number of nitrogens with zero attached hydrogens (tertiary/aromatic N) is 1. The van der Waals surface area contributed by atoms with E-state index in [1.807, 2.05) is 0 Å². The third kappa shape index (κ3) is 3.62. The van der Waals surface area contributed by atoms with E-state index in [2.05, 4.69) is 24.2 Å². The maximum absolute atomic E-state index is 10.8. The van der Waals surface area contributed by atoms with Crippen molar-refractivity contribution >= 4 is 22.9 Å². The van der Waals surface area contributed by atoms with Gasteiger partial charge in [0, 0.05) is 13.0 Å². The van der Waals surface area contributed by atoms with Crippen LogP contribution in [0.1, 0.15) is 33.6 Å². The lowest BCUT2D eigenvalue weighted by molar-refractivity contribution is -0.147. The van der Waals surface area contributed by atoms with Crippen molar-refractivity contribution in [1.29, 1.82) is 0 Å². The van der Waals surface area contributed by atoms with E-state index in [0.717, 1.165) is 18.0 Å². The highest BCUT2D eigenvalue weighted by Gasteiger charge is 2.37. The maximum atomic E-state index is 10.8. The van der Waals surface area contributed by atoms with E-state index >= 15 is 0 Å². The van der Waals surface area contributed by atoms with Crippen LogP contribution in [-0.2, 0) is 14.3 Å². The fourth-order valence-corrected chi connectivity index (χ4v) is 3.30. The van der Waals surface area contributed by atoms with E-state index in [1.54, 1.807) is 11.8 Å². The van der Waals surface area contributed by atoms with Gasteiger partial charge in [0.1, 0.15) is 12.0 Å². The van der Waals surface area contributed by atoms with E-state index in [9.17, 15) is 4.79 Å². The van der Waals surface area contributed by atoms with Gasteiger partial charge in [-0.3, -0.25) is 9.79 Å². The summed E-state index contributed by atoms with van der Waals surface area (Å²) in [6, 6.07) is 0.623. The van der Waals surface area contributed by atoms with Crippen molar-refractivity contribution in [2.45, 2.75) is 57.2 Å². The molecule has 2 aliphatic heterocycles. The summed E-state index contributed by atoms with van der Waals surface area (Å²) in [7, 11) is 0. The molecule has 0 bridgehead atoms. The Morgan fingerprint density at radius 3 is 3.06 bits per heavy atom. The number of fused-ring (bicyclic) bond motifs is 1. The fourth-order valence-electron chi connectivity index (χ4n) is 2.02. The normalized spacial score (nSPS) is 30.9. The summed E-state index contributed by atoms with van der Waals surface area (Å²) >= 11 is 1.64. The van der Waals surface area contributed by atoms with Gasteiger partial charge in [-0.1, -0.05) is 11.8 Å². The molecule has 5 nitrogen and oxygen atoms in total. The summed E-state index contributed by atoms with van der Waals surface area (Å²) in [5, 5.41) is 4.28. The van der Waals surface area contributed by atoms with Crippen LogP contribution in [0.3, 0.4) is 0 Å². The minimum atomic E-state index is -0.252. The van der Waals surface area contributed by atoms with Crippen molar-refractivity contribution in [1.82, 2.24) is 5.32 Å². The molecule has 0 aliphatic carbocycles. The van der Waals surface area contributed by atoms with Crippen LogP contribution in [0, 0.1) is 0 Å². The molecule has 0 amide bonds. The average molecular weight is 272 g/mol. The number of nitrogens with one attached hydrogen (secondary N) is 1. The van der Waals surface area contributed by atoms with Gasteiger partial charge < -0.3 is 14.8 Å². The summed E-state index contributed by atoms with van der Waals surface area (Å²) in [5.41, 5.74) is 0.0700. The van der Waals surface area contributed by atoms with Crippen molar-refractivity contribution < 1.29 is 14.3 Å². The van der Waals surface area contributed by atoms with Crippen LogP contribution in [0.25, 0.3) is 0 Å². The molecule has 1 N–H and O–H groups in total. The molecule has 2 rings (SSSR count).